The number of carbonyl (C=O) groups is 2. The molecule has 0 unspecified atom stereocenters. The molecular weight excluding hydrogens is 292 g/mol. The first-order valence-corrected chi connectivity index (χ1v) is 7.71. The average molecular weight is 312 g/mol. The molecule has 5 heteroatoms. The van der Waals surface area contributed by atoms with Crippen molar-refractivity contribution in [3.63, 3.8) is 0 Å². The highest BCUT2D eigenvalue weighted by Gasteiger charge is 2.34. The first-order chi connectivity index (χ1) is 11.2. The van der Waals surface area contributed by atoms with Crippen molar-refractivity contribution in [3.05, 3.63) is 47.7 Å². The van der Waals surface area contributed by atoms with Crippen molar-refractivity contribution in [2.45, 2.75) is 19.4 Å². The van der Waals surface area contributed by atoms with Crippen LogP contribution in [0.3, 0.4) is 0 Å². The van der Waals surface area contributed by atoms with Gasteiger partial charge in [0.25, 0.3) is 0 Å². The van der Waals surface area contributed by atoms with Crippen LogP contribution < -0.4 is 0 Å². The Labute approximate surface area is 134 Å². The number of hydrogen-bond donors (Lipinski definition) is 1. The average Bonchev–Trinajstić information content (AvgIpc) is 3.00. The Bertz CT molecular complexity index is 762. The number of nitrogens with zero attached hydrogens (tertiary/aromatic N) is 1. The van der Waals surface area contributed by atoms with Crippen LogP contribution in [0.2, 0.25) is 0 Å². The number of benzene rings is 1. The van der Waals surface area contributed by atoms with Gasteiger partial charge in [-0.15, -0.1) is 0 Å². The molecule has 2 atom stereocenters. The van der Waals surface area contributed by atoms with Crippen molar-refractivity contribution >= 4 is 23.3 Å². The molecule has 1 aromatic carbocycles. The maximum Gasteiger partial charge on any atom is 0.330 e. The molecule has 5 nitrogen and oxygen atoms in total. The highest BCUT2D eigenvalue weighted by Crippen LogP contribution is 2.40. The summed E-state index contributed by atoms with van der Waals surface area (Å²) in [5, 5.41) is 1.11. The summed E-state index contributed by atoms with van der Waals surface area (Å²) in [4.78, 5) is 28.2. The number of rotatable bonds is 3. The first-order valence-electron chi connectivity index (χ1n) is 7.71. The molecule has 0 bridgehead atoms. The Morgan fingerprint density at radius 3 is 2.91 bits per heavy atom. The van der Waals surface area contributed by atoms with Crippen LogP contribution in [0.1, 0.15) is 24.9 Å². The van der Waals surface area contributed by atoms with Crippen LogP contribution in [0.5, 0.6) is 0 Å². The van der Waals surface area contributed by atoms with Gasteiger partial charge >= 0.3 is 5.97 Å². The van der Waals surface area contributed by atoms with Crippen molar-refractivity contribution in [2.75, 3.05) is 13.7 Å². The van der Waals surface area contributed by atoms with E-state index >= 15 is 0 Å². The third-order valence-corrected chi connectivity index (χ3v) is 4.65. The molecule has 2 aromatic rings. The van der Waals surface area contributed by atoms with Crippen LogP contribution in [-0.4, -0.2) is 35.9 Å². The Hall–Kier alpha value is -2.56. The fourth-order valence-corrected chi connectivity index (χ4v) is 3.43. The van der Waals surface area contributed by atoms with Gasteiger partial charge in [0.2, 0.25) is 6.41 Å². The number of aromatic amines is 1. The second-order valence-corrected chi connectivity index (χ2v) is 5.86. The number of methoxy groups -OCH3 is 1. The molecule has 0 saturated carbocycles. The van der Waals surface area contributed by atoms with Gasteiger partial charge in [0.15, 0.2) is 0 Å². The van der Waals surface area contributed by atoms with Gasteiger partial charge in [-0.05, 0) is 12.5 Å². The predicted molar refractivity (Wildman–Crippen MR) is 87.7 cm³/mol. The third-order valence-electron chi connectivity index (χ3n) is 4.65. The largest absolute Gasteiger partial charge is 0.466 e. The summed E-state index contributed by atoms with van der Waals surface area (Å²) in [6, 6.07) is 7.95. The minimum atomic E-state index is -0.343. The number of H-pyrrole nitrogens is 1. The molecule has 2 heterocycles. The Balaban J connectivity index is 2.04. The standard InChI is InChI=1S/C18H20N2O3/c1-12-13(9-17(22)23-2)7-8-20(11-21)18(12)15-10-19-16-6-4-3-5-14(15)16/h3-6,9-12,18-19H,7-8H2,1-2H3/b13-9+/t12-,18-/m0/s1. The van der Waals surface area contributed by atoms with Crippen LogP contribution in [-0.2, 0) is 14.3 Å². The lowest BCUT2D eigenvalue weighted by Crippen LogP contribution is -2.38. The van der Waals surface area contributed by atoms with E-state index in [0.29, 0.717) is 13.0 Å². The van der Waals surface area contributed by atoms with Crippen LogP contribution in [0.15, 0.2) is 42.1 Å². The number of para-hydroxylation sites is 1. The second-order valence-electron chi connectivity index (χ2n) is 5.86. The van der Waals surface area contributed by atoms with Gasteiger partial charge in [-0.25, -0.2) is 4.79 Å². The van der Waals surface area contributed by atoms with Gasteiger partial charge in [-0.1, -0.05) is 30.7 Å². The number of carbonyl (C=O) groups excluding carboxylic acids is 2. The molecular formula is C18H20N2O3. The molecule has 1 N–H and O–H groups in total. The molecule has 1 aliphatic heterocycles. The van der Waals surface area contributed by atoms with Crippen LogP contribution in [0.25, 0.3) is 10.9 Å². The summed E-state index contributed by atoms with van der Waals surface area (Å²) in [5.41, 5.74) is 3.14. The fraction of sp³-hybridized carbons (Fsp3) is 0.333. The summed E-state index contributed by atoms with van der Waals surface area (Å²) in [6.07, 6.45) is 5.11. The zero-order chi connectivity index (χ0) is 16.4. The molecule has 0 spiro atoms. The number of amides is 1. The molecule has 0 radical (unpaired) electrons. The fourth-order valence-electron chi connectivity index (χ4n) is 3.43. The number of hydrogen-bond acceptors (Lipinski definition) is 3. The summed E-state index contributed by atoms with van der Waals surface area (Å²) in [5.74, 6) is -0.295. The van der Waals surface area contributed by atoms with E-state index in [-0.39, 0.29) is 17.9 Å². The molecule has 1 saturated heterocycles. The number of ether oxygens (including phenoxy) is 1. The van der Waals surface area contributed by atoms with Crippen molar-refractivity contribution in [2.24, 2.45) is 5.92 Å². The highest BCUT2D eigenvalue weighted by molar-refractivity contribution is 5.85. The number of esters is 1. The summed E-state index contributed by atoms with van der Waals surface area (Å²) in [6.45, 7) is 2.65. The maximum absolute atomic E-state index is 11.6. The van der Waals surface area contributed by atoms with Crippen LogP contribution in [0, 0.1) is 5.92 Å². The van der Waals surface area contributed by atoms with E-state index in [9.17, 15) is 9.59 Å². The van der Waals surface area contributed by atoms with Crippen LogP contribution in [0.4, 0.5) is 0 Å². The molecule has 3 rings (SSSR count). The molecule has 120 valence electrons. The number of aromatic nitrogens is 1. The minimum absolute atomic E-state index is 0.0484. The van der Waals surface area contributed by atoms with Crippen molar-refractivity contribution in [1.82, 2.24) is 9.88 Å². The molecule has 23 heavy (non-hydrogen) atoms. The monoisotopic (exact) mass is 312 g/mol. The normalized spacial score (nSPS) is 23.2. The number of fused-ring (bicyclic) bond motifs is 1. The highest BCUT2D eigenvalue weighted by atomic mass is 16.5. The van der Waals surface area contributed by atoms with Gasteiger partial charge in [-0.2, -0.15) is 0 Å². The van der Waals surface area contributed by atoms with Gasteiger partial charge in [0, 0.05) is 41.2 Å². The maximum atomic E-state index is 11.6. The lowest BCUT2D eigenvalue weighted by Gasteiger charge is -2.39. The van der Waals surface area contributed by atoms with E-state index in [2.05, 4.69) is 18.0 Å². The number of piperidine rings is 1. The van der Waals surface area contributed by atoms with Crippen LogP contribution >= 0.6 is 0 Å². The first kappa shape index (κ1) is 15.3. The predicted octanol–water partition coefficient (Wildman–Crippen LogP) is 2.81. The molecule has 1 aromatic heterocycles. The van der Waals surface area contributed by atoms with E-state index in [0.717, 1.165) is 28.4 Å². The van der Waals surface area contributed by atoms with Gasteiger partial charge in [-0.3, -0.25) is 4.79 Å². The quantitative estimate of drug-likeness (QED) is 0.538. The molecule has 1 amide bonds. The van der Waals surface area contributed by atoms with Gasteiger partial charge in [0.05, 0.1) is 13.2 Å². The van der Waals surface area contributed by atoms with E-state index < -0.39 is 0 Å². The third kappa shape index (κ3) is 2.74. The van der Waals surface area contributed by atoms with Gasteiger partial charge < -0.3 is 14.6 Å². The van der Waals surface area contributed by atoms with E-state index in [4.69, 9.17) is 4.74 Å². The smallest absolute Gasteiger partial charge is 0.330 e. The number of nitrogens with one attached hydrogen (secondary N) is 1. The van der Waals surface area contributed by atoms with Crippen molar-refractivity contribution in [1.29, 1.82) is 0 Å². The number of likely N-dealkylation sites (tertiary alicyclic amines) is 1. The zero-order valence-electron chi connectivity index (χ0n) is 13.3. The molecule has 0 aliphatic carbocycles. The summed E-state index contributed by atoms with van der Waals surface area (Å²) < 4.78 is 4.75. The van der Waals surface area contributed by atoms with Gasteiger partial charge in [0.1, 0.15) is 0 Å². The molecule has 1 fully saturated rings. The lowest BCUT2D eigenvalue weighted by atomic mass is 9.82. The van der Waals surface area contributed by atoms with Crippen molar-refractivity contribution < 1.29 is 14.3 Å². The van der Waals surface area contributed by atoms with E-state index in [1.54, 1.807) is 6.08 Å². The summed E-state index contributed by atoms with van der Waals surface area (Å²) in [7, 11) is 1.38. The van der Waals surface area contributed by atoms with Crippen molar-refractivity contribution in [3.8, 4) is 0 Å². The summed E-state index contributed by atoms with van der Waals surface area (Å²) >= 11 is 0. The zero-order valence-corrected chi connectivity index (χ0v) is 13.3. The topological polar surface area (TPSA) is 62.4 Å². The Kier molecular flexibility index (Phi) is 4.19. The minimum Gasteiger partial charge on any atom is -0.466 e. The second kappa shape index (κ2) is 6.28. The lowest BCUT2D eigenvalue weighted by molar-refractivity contribution is -0.134. The Morgan fingerprint density at radius 1 is 1.39 bits per heavy atom. The molecule has 1 aliphatic rings. The Morgan fingerprint density at radius 2 is 2.17 bits per heavy atom. The van der Waals surface area contributed by atoms with E-state index in [1.165, 1.54) is 7.11 Å². The van der Waals surface area contributed by atoms with E-state index in [1.807, 2.05) is 29.3 Å². The SMILES string of the molecule is COC(=O)/C=C1\CCN(C=O)[C@H](c2c[nH]c3ccccc23)[C@H]1C.